The third-order valence-corrected chi connectivity index (χ3v) is 4.86. The summed E-state index contributed by atoms with van der Waals surface area (Å²) in [5.41, 5.74) is 0.486. The van der Waals surface area contributed by atoms with Gasteiger partial charge in [-0.15, -0.1) is 0 Å². The molecule has 0 saturated carbocycles. The first-order valence-electron chi connectivity index (χ1n) is 9.44. The van der Waals surface area contributed by atoms with Crippen molar-refractivity contribution in [2.75, 3.05) is 58.2 Å². The van der Waals surface area contributed by atoms with E-state index in [0.29, 0.717) is 18.8 Å². The normalized spacial score (nSPS) is 19.8. The third kappa shape index (κ3) is 6.72. The Labute approximate surface area is 154 Å². The summed E-state index contributed by atoms with van der Waals surface area (Å²) < 4.78 is 13.2. The molecule has 144 valence electrons. The van der Waals surface area contributed by atoms with Crippen LogP contribution < -0.4 is 15.1 Å². The minimum Gasteiger partial charge on any atom is -0.341 e. The molecule has 6 nitrogen and oxygen atoms in total. The van der Waals surface area contributed by atoms with Gasteiger partial charge in [-0.05, 0) is 24.6 Å². The van der Waals surface area contributed by atoms with Gasteiger partial charge in [0.2, 0.25) is 0 Å². The Morgan fingerprint density at radius 2 is 1.81 bits per heavy atom. The molecular weight excluding hydrogens is 335 g/mol. The molecule has 1 aliphatic heterocycles. The standard InChI is InChI=1S/C19H29FN4O2/c1-3-4-8-22(2)19(26)15-24-11-9-23(10-12-24)14-18(25)21-17-7-5-6-16(20)13-17/h5-7,13H,3-4,8-12,14-15H2,1-2H3,(H,21,25)/p+2. The number of unbranched alkanes of at least 4 members (excludes halogenated alkanes) is 1. The van der Waals surface area contributed by atoms with Gasteiger partial charge < -0.3 is 20.0 Å². The van der Waals surface area contributed by atoms with Crippen LogP contribution in [0.15, 0.2) is 24.3 Å². The summed E-state index contributed by atoms with van der Waals surface area (Å²) in [5, 5.41) is 2.74. The summed E-state index contributed by atoms with van der Waals surface area (Å²) in [6.07, 6.45) is 2.13. The van der Waals surface area contributed by atoms with E-state index in [1.54, 1.807) is 12.1 Å². The number of nitrogens with zero attached hydrogens (tertiary/aromatic N) is 1. The first kappa shape index (κ1) is 20.3. The summed E-state index contributed by atoms with van der Waals surface area (Å²) >= 11 is 0. The number of carbonyl (C=O) groups is 2. The summed E-state index contributed by atoms with van der Waals surface area (Å²) in [6.45, 7) is 7.33. The molecule has 0 atom stereocenters. The number of rotatable bonds is 8. The zero-order valence-corrected chi connectivity index (χ0v) is 15.8. The number of likely N-dealkylation sites (N-methyl/N-ethyl adjacent to an activating group) is 1. The van der Waals surface area contributed by atoms with Gasteiger partial charge in [0.25, 0.3) is 11.8 Å². The zero-order valence-electron chi connectivity index (χ0n) is 15.8. The molecule has 1 aromatic rings. The number of amides is 2. The summed E-state index contributed by atoms with van der Waals surface area (Å²) in [4.78, 5) is 28.6. The molecule has 2 amide bonds. The molecule has 0 aromatic heterocycles. The number of piperazine rings is 1. The van der Waals surface area contributed by atoms with E-state index < -0.39 is 0 Å². The largest absolute Gasteiger partial charge is 0.341 e. The topological polar surface area (TPSA) is 58.3 Å². The molecule has 1 aliphatic rings. The van der Waals surface area contributed by atoms with Crippen molar-refractivity contribution in [3.8, 4) is 0 Å². The molecule has 1 aromatic carbocycles. The van der Waals surface area contributed by atoms with Gasteiger partial charge >= 0.3 is 0 Å². The fourth-order valence-corrected chi connectivity index (χ4v) is 3.18. The van der Waals surface area contributed by atoms with E-state index in [0.717, 1.165) is 45.6 Å². The molecule has 0 aliphatic carbocycles. The molecule has 1 fully saturated rings. The van der Waals surface area contributed by atoms with E-state index in [1.807, 2.05) is 11.9 Å². The van der Waals surface area contributed by atoms with E-state index in [-0.39, 0.29) is 17.6 Å². The van der Waals surface area contributed by atoms with Gasteiger partial charge in [-0.1, -0.05) is 19.4 Å². The van der Waals surface area contributed by atoms with Gasteiger partial charge in [-0.25, -0.2) is 4.39 Å². The average Bonchev–Trinajstić information content (AvgIpc) is 2.61. The number of benzene rings is 1. The summed E-state index contributed by atoms with van der Waals surface area (Å²) in [5.74, 6) is -0.272. The van der Waals surface area contributed by atoms with Crippen molar-refractivity contribution in [1.29, 1.82) is 0 Å². The lowest BCUT2D eigenvalue weighted by molar-refractivity contribution is -1.00. The lowest BCUT2D eigenvalue weighted by Gasteiger charge is -2.30. The van der Waals surface area contributed by atoms with Gasteiger partial charge in [0.1, 0.15) is 32.0 Å². The Bertz CT molecular complexity index is 603. The quantitative estimate of drug-likeness (QED) is 0.542. The van der Waals surface area contributed by atoms with Gasteiger partial charge in [0, 0.05) is 19.3 Å². The Kier molecular flexibility index (Phi) is 8.00. The fraction of sp³-hybridized carbons (Fsp3) is 0.579. The number of hydrogen-bond donors (Lipinski definition) is 3. The number of quaternary nitrogens is 2. The predicted molar refractivity (Wildman–Crippen MR) is 98.7 cm³/mol. The molecule has 0 radical (unpaired) electrons. The smallest absolute Gasteiger partial charge is 0.279 e. The van der Waals surface area contributed by atoms with Crippen LogP contribution in [0.4, 0.5) is 10.1 Å². The number of anilines is 1. The van der Waals surface area contributed by atoms with Gasteiger partial charge in [0.15, 0.2) is 13.1 Å². The van der Waals surface area contributed by atoms with Crippen LogP contribution in [-0.4, -0.2) is 69.6 Å². The molecule has 1 heterocycles. The maximum absolute atomic E-state index is 13.2. The van der Waals surface area contributed by atoms with E-state index in [4.69, 9.17) is 0 Å². The lowest BCUT2D eigenvalue weighted by atomic mass is 10.2. The van der Waals surface area contributed by atoms with Crippen molar-refractivity contribution in [2.24, 2.45) is 0 Å². The molecule has 7 heteroatoms. The van der Waals surface area contributed by atoms with Gasteiger partial charge in [-0.2, -0.15) is 0 Å². The number of nitrogens with one attached hydrogen (secondary N) is 3. The van der Waals surface area contributed by atoms with Crippen LogP contribution in [0, 0.1) is 5.82 Å². The molecule has 0 unspecified atom stereocenters. The lowest BCUT2D eigenvalue weighted by Crippen LogP contribution is -3.28. The van der Waals surface area contributed by atoms with Crippen molar-refractivity contribution in [3.05, 3.63) is 30.1 Å². The molecule has 3 N–H and O–H groups in total. The van der Waals surface area contributed by atoms with E-state index in [1.165, 1.54) is 21.9 Å². The van der Waals surface area contributed by atoms with Crippen molar-refractivity contribution in [2.45, 2.75) is 19.8 Å². The Hall–Kier alpha value is -1.99. The Morgan fingerprint density at radius 1 is 1.15 bits per heavy atom. The molecular formula is C19H31FN4O2+2. The highest BCUT2D eigenvalue weighted by molar-refractivity contribution is 5.91. The van der Waals surface area contributed by atoms with Crippen molar-refractivity contribution >= 4 is 17.5 Å². The molecule has 0 spiro atoms. The maximum atomic E-state index is 13.2. The number of halogens is 1. The van der Waals surface area contributed by atoms with Crippen LogP contribution in [0.25, 0.3) is 0 Å². The highest BCUT2D eigenvalue weighted by Gasteiger charge is 2.27. The second-order valence-electron chi connectivity index (χ2n) is 7.08. The van der Waals surface area contributed by atoms with Crippen LogP contribution >= 0.6 is 0 Å². The SMILES string of the molecule is CCCCN(C)C(=O)C[NH+]1CC[NH+](CC(=O)Nc2cccc(F)c2)CC1. The van der Waals surface area contributed by atoms with Crippen molar-refractivity contribution in [1.82, 2.24) is 4.90 Å². The second-order valence-corrected chi connectivity index (χ2v) is 7.08. The molecule has 1 saturated heterocycles. The van der Waals surface area contributed by atoms with Gasteiger partial charge in [0.05, 0.1) is 0 Å². The highest BCUT2D eigenvalue weighted by atomic mass is 19.1. The van der Waals surface area contributed by atoms with Crippen molar-refractivity contribution in [3.63, 3.8) is 0 Å². The average molecular weight is 366 g/mol. The zero-order chi connectivity index (χ0) is 18.9. The van der Waals surface area contributed by atoms with E-state index >= 15 is 0 Å². The fourth-order valence-electron chi connectivity index (χ4n) is 3.18. The highest BCUT2D eigenvalue weighted by Crippen LogP contribution is 2.08. The molecule has 0 bridgehead atoms. The first-order valence-corrected chi connectivity index (χ1v) is 9.44. The summed E-state index contributed by atoms with van der Waals surface area (Å²) in [7, 11) is 1.87. The second kappa shape index (κ2) is 10.2. The number of hydrogen-bond acceptors (Lipinski definition) is 2. The predicted octanol–water partition coefficient (Wildman–Crippen LogP) is -1.19. The maximum Gasteiger partial charge on any atom is 0.279 e. The molecule has 26 heavy (non-hydrogen) atoms. The van der Waals surface area contributed by atoms with Crippen molar-refractivity contribution < 1.29 is 23.8 Å². The summed E-state index contributed by atoms with van der Waals surface area (Å²) in [6, 6.07) is 5.92. The van der Waals surface area contributed by atoms with Crippen LogP contribution in [0.1, 0.15) is 19.8 Å². The number of carbonyl (C=O) groups excluding carboxylic acids is 2. The van der Waals surface area contributed by atoms with Crippen LogP contribution in [0.2, 0.25) is 0 Å². The minimum atomic E-state index is -0.360. The third-order valence-electron chi connectivity index (χ3n) is 4.86. The van der Waals surface area contributed by atoms with Gasteiger partial charge in [-0.3, -0.25) is 9.59 Å². The Morgan fingerprint density at radius 3 is 2.42 bits per heavy atom. The van der Waals surface area contributed by atoms with E-state index in [9.17, 15) is 14.0 Å². The monoisotopic (exact) mass is 366 g/mol. The molecule has 2 rings (SSSR count). The Balaban J connectivity index is 1.69. The van der Waals surface area contributed by atoms with Crippen LogP contribution in [0.5, 0.6) is 0 Å². The van der Waals surface area contributed by atoms with E-state index in [2.05, 4.69) is 12.2 Å². The minimum absolute atomic E-state index is 0.107. The van der Waals surface area contributed by atoms with Crippen LogP contribution in [-0.2, 0) is 9.59 Å². The van der Waals surface area contributed by atoms with Crippen LogP contribution in [0.3, 0.4) is 0 Å². The first-order chi connectivity index (χ1) is 12.5.